The number of para-hydroxylation sites is 2. The van der Waals surface area contributed by atoms with E-state index in [-0.39, 0.29) is 0 Å². The van der Waals surface area contributed by atoms with Crippen molar-refractivity contribution in [3.05, 3.63) is 24.3 Å². The summed E-state index contributed by atoms with van der Waals surface area (Å²) in [5, 5.41) is 9.05. The lowest BCUT2D eigenvalue weighted by Gasteiger charge is -2.18. The molecule has 0 aliphatic carbocycles. The van der Waals surface area contributed by atoms with E-state index in [0.717, 1.165) is 30.8 Å². The van der Waals surface area contributed by atoms with Gasteiger partial charge in [0.1, 0.15) is 0 Å². The Kier molecular flexibility index (Phi) is 7.06. The van der Waals surface area contributed by atoms with Crippen molar-refractivity contribution in [2.75, 3.05) is 13.2 Å². The minimum absolute atomic E-state index is 0.572. The molecule has 1 aromatic rings. The fourth-order valence-electron chi connectivity index (χ4n) is 1.86. The SMILES string of the molecule is CCCOc1ccccc1OCCCCC(C)(C)C(=O)O. The van der Waals surface area contributed by atoms with Gasteiger partial charge in [0.05, 0.1) is 18.6 Å². The van der Waals surface area contributed by atoms with Gasteiger partial charge in [0, 0.05) is 0 Å². The van der Waals surface area contributed by atoms with E-state index in [0.29, 0.717) is 19.6 Å². The van der Waals surface area contributed by atoms with Crippen molar-refractivity contribution in [2.24, 2.45) is 5.41 Å². The molecule has 0 aromatic heterocycles. The molecule has 0 unspecified atom stereocenters. The minimum Gasteiger partial charge on any atom is -0.490 e. The summed E-state index contributed by atoms with van der Waals surface area (Å²) in [6.45, 7) is 6.82. The van der Waals surface area contributed by atoms with E-state index < -0.39 is 11.4 Å². The van der Waals surface area contributed by atoms with E-state index in [4.69, 9.17) is 14.6 Å². The Bertz CT molecular complexity index is 440. The van der Waals surface area contributed by atoms with Crippen LogP contribution >= 0.6 is 0 Å². The Balaban J connectivity index is 2.34. The second-order valence-corrected chi connectivity index (χ2v) is 5.79. The highest BCUT2D eigenvalue weighted by molar-refractivity contribution is 5.73. The molecule has 0 amide bonds. The van der Waals surface area contributed by atoms with Gasteiger partial charge in [0.15, 0.2) is 11.5 Å². The van der Waals surface area contributed by atoms with Crippen LogP contribution in [-0.4, -0.2) is 24.3 Å². The fourth-order valence-corrected chi connectivity index (χ4v) is 1.86. The standard InChI is InChI=1S/C17H26O4/c1-4-12-20-14-9-5-6-10-15(14)21-13-8-7-11-17(2,3)16(18)19/h5-6,9-10H,4,7-8,11-13H2,1-3H3,(H,18,19). The molecule has 0 aliphatic heterocycles. The first kappa shape index (κ1) is 17.3. The molecule has 0 heterocycles. The molecule has 1 rings (SSSR count). The number of hydrogen-bond donors (Lipinski definition) is 1. The molecule has 1 N–H and O–H groups in total. The first-order valence-electron chi connectivity index (χ1n) is 7.55. The average molecular weight is 294 g/mol. The number of unbranched alkanes of at least 4 members (excludes halogenated alkanes) is 1. The lowest BCUT2D eigenvalue weighted by molar-refractivity contribution is -0.147. The Labute approximate surface area is 127 Å². The number of carbonyl (C=O) groups is 1. The highest BCUT2D eigenvalue weighted by atomic mass is 16.5. The molecule has 0 aliphatic rings. The molecular formula is C17H26O4. The van der Waals surface area contributed by atoms with E-state index in [9.17, 15) is 4.79 Å². The zero-order valence-electron chi connectivity index (χ0n) is 13.2. The van der Waals surface area contributed by atoms with Crippen molar-refractivity contribution >= 4 is 5.97 Å². The summed E-state index contributed by atoms with van der Waals surface area (Å²) in [6.07, 6.45) is 3.27. The maximum atomic E-state index is 11.0. The summed E-state index contributed by atoms with van der Waals surface area (Å²) in [6, 6.07) is 7.64. The van der Waals surface area contributed by atoms with E-state index in [1.54, 1.807) is 13.8 Å². The number of hydrogen-bond acceptors (Lipinski definition) is 3. The smallest absolute Gasteiger partial charge is 0.309 e. The number of ether oxygens (including phenoxy) is 2. The predicted octanol–water partition coefficient (Wildman–Crippen LogP) is 4.14. The minimum atomic E-state index is -0.748. The van der Waals surface area contributed by atoms with Crippen LogP contribution in [0.4, 0.5) is 0 Å². The Morgan fingerprint density at radius 3 is 2.19 bits per heavy atom. The first-order valence-corrected chi connectivity index (χ1v) is 7.55. The summed E-state index contributed by atoms with van der Waals surface area (Å²) in [5.74, 6) is 0.774. The largest absolute Gasteiger partial charge is 0.490 e. The van der Waals surface area contributed by atoms with Gasteiger partial charge in [-0.05, 0) is 51.7 Å². The Morgan fingerprint density at radius 2 is 1.67 bits per heavy atom. The van der Waals surface area contributed by atoms with Crippen LogP contribution in [0.1, 0.15) is 46.5 Å². The summed E-state index contributed by atoms with van der Waals surface area (Å²) in [4.78, 5) is 11.0. The molecule has 0 fully saturated rings. The van der Waals surface area contributed by atoms with Gasteiger partial charge in [0.25, 0.3) is 0 Å². The van der Waals surface area contributed by atoms with Crippen LogP contribution in [0.5, 0.6) is 11.5 Å². The fraction of sp³-hybridized carbons (Fsp3) is 0.588. The van der Waals surface area contributed by atoms with Crippen LogP contribution < -0.4 is 9.47 Å². The molecule has 0 saturated heterocycles. The van der Waals surface area contributed by atoms with Crippen LogP contribution in [-0.2, 0) is 4.79 Å². The van der Waals surface area contributed by atoms with Crippen LogP contribution in [0.25, 0.3) is 0 Å². The van der Waals surface area contributed by atoms with Crippen molar-refractivity contribution in [2.45, 2.75) is 46.5 Å². The van der Waals surface area contributed by atoms with Crippen molar-refractivity contribution in [3.8, 4) is 11.5 Å². The van der Waals surface area contributed by atoms with Gasteiger partial charge in [-0.3, -0.25) is 4.79 Å². The lowest BCUT2D eigenvalue weighted by Crippen LogP contribution is -2.23. The normalized spacial score (nSPS) is 11.2. The summed E-state index contributed by atoms with van der Waals surface area (Å²) in [7, 11) is 0. The molecule has 4 heteroatoms. The van der Waals surface area contributed by atoms with Crippen LogP contribution in [0, 0.1) is 5.41 Å². The summed E-state index contributed by atoms with van der Waals surface area (Å²) < 4.78 is 11.4. The van der Waals surface area contributed by atoms with Gasteiger partial charge in [-0.15, -0.1) is 0 Å². The van der Waals surface area contributed by atoms with Crippen molar-refractivity contribution in [1.82, 2.24) is 0 Å². The van der Waals surface area contributed by atoms with Crippen molar-refractivity contribution in [1.29, 1.82) is 0 Å². The lowest BCUT2D eigenvalue weighted by atomic mass is 9.87. The topological polar surface area (TPSA) is 55.8 Å². The van der Waals surface area contributed by atoms with Crippen molar-refractivity contribution < 1.29 is 19.4 Å². The zero-order valence-corrected chi connectivity index (χ0v) is 13.2. The van der Waals surface area contributed by atoms with Gasteiger partial charge in [-0.1, -0.05) is 19.1 Å². The molecule has 0 spiro atoms. The molecule has 21 heavy (non-hydrogen) atoms. The second-order valence-electron chi connectivity index (χ2n) is 5.79. The molecule has 0 saturated carbocycles. The molecule has 118 valence electrons. The average Bonchev–Trinajstić information content (AvgIpc) is 2.45. The van der Waals surface area contributed by atoms with Crippen LogP contribution in [0.3, 0.4) is 0 Å². The Morgan fingerprint density at radius 1 is 1.10 bits per heavy atom. The third-order valence-electron chi connectivity index (χ3n) is 3.34. The zero-order chi connectivity index (χ0) is 15.7. The predicted molar refractivity (Wildman–Crippen MR) is 83.0 cm³/mol. The van der Waals surface area contributed by atoms with Crippen LogP contribution in [0.15, 0.2) is 24.3 Å². The van der Waals surface area contributed by atoms with E-state index in [2.05, 4.69) is 6.92 Å². The number of rotatable bonds is 10. The molecule has 0 radical (unpaired) electrons. The third-order valence-corrected chi connectivity index (χ3v) is 3.34. The second kappa shape index (κ2) is 8.55. The van der Waals surface area contributed by atoms with E-state index in [1.807, 2.05) is 24.3 Å². The Hall–Kier alpha value is -1.71. The first-order chi connectivity index (χ1) is 9.97. The third kappa shape index (κ3) is 6.06. The maximum Gasteiger partial charge on any atom is 0.309 e. The molecule has 4 nitrogen and oxygen atoms in total. The number of carboxylic acids is 1. The van der Waals surface area contributed by atoms with E-state index in [1.165, 1.54) is 0 Å². The highest BCUT2D eigenvalue weighted by Crippen LogP contribution is 2.27. The molecular weight excluding hydrogens is 268 g/mol. The van der Waals surface area contributed by atoms with Gasteiger partial charge in [0.2, 0.25) is 0 Å². The quantitative estimate of drug-likeness (QED) is 0.659. The molecule has 1 aromatic carbocycles. The van der Waals surface area contributed by atoms with Gasteiger partial charge in [-0.2, -0.15) is 0 Å². The van der Waals surface area contributed by atoms with Gasteiger partial charge < -0.3 is 14.6 Å². The molecule has 0 bridgehead atoms. The highest BCUT2D eigenvalue weighted by Gasteiger charge is 2.25. The van der Waals surface area contributed by atoms with Crippen LogP contribution in [0.2, 0.25) is 0 Å². The monoisotopic (exact) mass is 294 g/mol. The van der Waals surface area contributed by atoms with Gasteiger partial charge in [-0.25, -0.2) is 0 Å². The maximum absolute atomic E-state index is 11.0. The number of carboxylic acid groups (broad SMARTS) is 1. The number of aliphatic carboxylic acids is 1. The van der Waals surface area contributed by atoms with Crippen molar-refractivity contribution in [3.63, 3.8) is 0 Å². The number of benzene rings is 1. The van der Waals surface area contributed by atoms with Gasteiger partial charge >= 0.3 is 5.97 Å². The molecule has 0 atom stereocenters. The summed E-state index contributed by atoms with van der Waals surface area (Å²) >= 11 is 0. The summed E-state index contributed by atoms with van der Waals surface area (Å²) in [5.41, 5.74) is -0.665. The van der Waals surface area contributed by atoms with E-state index >= 15 is 0 Å².